The van der Waals surface area contributed by atoms with E-state index in [1.807, 2.05) is 19.1 Å². The smallest absolute Gasteiger partial charge is 0.139 e. The molecule has 4 heteroatoms. The zero-order valence-electron chi connectivity index (χ0n) is 10.4. The van der Waals surface area contributed by atoms with Gasteiger partial charge in [-0.05, 0) is 37.3 Å². The van der Waals surface area contributed by atoms with E-state index in [1.165, 1.54) is 25.7 Å². The summed E-state index contributed by atoms with van der Waals surface area (Å²) in [7, 11) is 0. The Morgan fingerprint density at radius 2 is 1.94 bits per heavy atom. The molecule has 1 aliphatic rings. The van der Waals surface area contributed by atoms with Crippen LogP contribution in [0.3, 0.4) is 0 Å². The van der Waals surface area contributed by atoms with Crippen molar-refractivity contribution in [1.82, 2.24) is 0 Å². The third-order valence-corrected chi connectivity index (χ3v) is 5.33. The van der Waals surface area contributed by atoms with E-state index in [-0.39, 0.29) is 0 Å². The van der Waals surface area contributed by atoms with E-state index in [2.05, 4.69) is 15.9 Å². The molecule has 100 valence electrons. The topological polar surface area (TPSA) is 9.23 Å². The molecule has 0 saturated heterocycles. The van der Waals surface area contributed by atoms with Crippen molar-refractivity contribution < 1.29 is 4.74 Å². The number of rotatable bonds is 4. The first-order valence-electron chi connectivity index (χ1n) is 6.39. The third kappa shape index (κ3) is 3.15. The summed E-state index contributed by atoms with van der Waals surface area (Å²) in [6.45, 7) is 2.53. The van der Waals surface area contributed by atoms with E-state index < -0.39 is 0 Å². The Morgan fingerprint density at radius 1 is 1.28 bits per heavy atom. The highest BCUT2D eigenvalue weighted by Gasteiger charge is 2.26. The van der Waals surface area contributed by atoms with Crippen molar-refractivity contribution in [3.63, 3.8) is 0 Å². The second kappa shape index (κ2) is 6.49. The van der Waals surface area contributed by atoms with Crippen LogP contribution in [0.15, 0.2) is 12.1 Å². The monoisotopic (exact) mass is 350 g/mol. The molecule has 1 aromatic rings. The van der Waals surface area contributed by atoms with E-state index in [9.17, 15) is 0 Å². The van der Waals surface area contributed by atoms with Crippen molar-refractivity contribution in [3.05, 3.63) is 27.7 Å². The highest BCUT2D eigenvalue weighted by Crippen LogP contribution is 2.45. The van der Waals surface area contributed by atoms with Gasteiger partial charge in [0.15, 0.2) is 0 Å². The molecule has 1 aliphatic carbocycles. The molecular weight excluding hydrogens is 335 g/mol. The lowest BCUT2D eigenvalue weighted by molar-refractivity contribution is 0.340. The zero-order chi connectivity index (χ0) is 13.1. The van der Waals surface area contributed by atoms with E-state index in [0.29, 0.717) is 28.1 Å². The van der Waals surface area contributed by atoms with Gasteiger partial charge in [-0.3, -0.25) is 0 Å². The van der Waals surface area contributed by atoms with Gasteiger partial charge in [-0.2, -0.15) is 0 Å². The first kappa shape index (κ1) is 14.5. The van der Waals surface area contributed by atoms with E-state index in [1.54, 1.807) is 0 Å². The summed E-state index contributed by atoms with van der Waals surface area (Å²) in [5.41, 5.74) is 1.08. The second-order valence-corrected chi connectivity index (χ2v) is 6.48. The number of alkyl halides is 1. The predicted octanol–water partition coefficient (Wildman–Crippen LogP) is 6.02. The van der Waals surface area contributed by atoms with Crippen LogP contribution in [0.2, 0.25) is 10.0 Å². The minimum atomic E-state index is 0.292. The fourth-order valence-electron chi connectivity index (χ4n) is 2.53. The van der Waals surface area contributed by atoms with Crippen LogP contribution in [0.1, 0.15) is 43.0 Å². The van der Waals surface area contributed by atoms with Gasteiger partial charge < -0.3 is 4.74 Å². The minimum Gasteiger partial charge on any atom is -0.492 e. The van der Waals surface area contributed by atoms with Crippen molar-refractivity contribution in [2.75, 3.05) is 6.61 Å². The van der Waals surface area contributed by atoms with Gasteiger partial charge >= 0.3 is 0 Å². The van der Waals surface area contributed by atoms with Crippen molar-refractivity contribution in [1.29, 1.82) is 0 Å². The number of ether oxygens (including phenoxy) is 1. The molecule has 1 atom stereocenters. The average Bonchev–Trinajstić information content (AvgIpc) is 2.86. The molecule has 0 aromatic heterocycles. The molecule has 0 heterocycles. The lowest BCUT2D eigenvalue weighted by atomic mass is 9.97. The third-order valence-electron chi connectivity index (χ3n) is 3.46. The number of hydrogen-bond acceptors (Lipinski definition) is 1. The Kier molecular flexibility index (Phi) is 5.23. The Bertz CT molecular complexity index is 417. The largest absolute Gasteiger partial charge is 0.492 e. The van der Waals surface area contributed by atoms with Gasteiger partial charge in [-0.25, -0.2) is 0 Å². The molecule has 1 saturated carbocycles. The zero-order valence-corrected chi connectivity index (χ0v) is 13.5. The lowest BCUT2D eigenvalue weighted by Crippen LogP contribution is -2.04. The van der Waals surface area contributed by atoms with Crippen LogP contribution in [0, 0.1) is 5.92 Å². The van der Waals surface area contributed by atoms with Gasteiger partial charge in [0.1, 0.15) is 5.75 Å². The molecule has 2 rings (SSSR count). The van der Waals surface area contributed by atoms with Gasteiger partial charge in [0.25, 0.3) is 0 Å². The summed E-state index contributed by atoms with van der Waals surface area (Å²) in [4.78, 5) is 0.292. The van der Waals surface area contributed by atoms with Gasteiger partial charge in [0.2, 0.25) is 0 Å². The van der Waals surface area contributed by atoms with Crippen LogP contribution < -0.4 is 4.74 Å². The SMILES string of the molecule is CCOc1cc(Cl)c(C(Br)C2CCCC2)cc1Cl. The van der Waals surface area contributed by atoms with Crippen LogP contribution in [-0.4, -0.2) is 6.61 Å². The first-order valence-corrected chi connectivity index (χ1v) is 8.06. The van der Waals surface area contributed by atoms with E-state index >= 15 is 0 Å². The van der Waals surface area contributed by atoms with E-state index in [0.717, 1.165) is 10.6 Å². The molecule has 0 spiro atoms. The van der Waals surface area contributed by atoms with Crippen molar-refractivity contribution in [2.45, 2.75) is 37.4 Å². The Morgan fingerprint density at radius 3 is 2.56 bits per heavy atom. The molecule has 1 unspecified atom stereocenters. The molecule has 0 aliphatic heterocycles. The van der Waals surface area contributed by atoms with Crippen molar-refractivity contribution in [3.8, 4) is 5.75 Å². The van der Waals surface area contributed by atoms with E-state index in [4.69, 9.17) is 27.9 Å². The molecule has 1 aromatic carbocycles. The van der Waals surface area contributed by atoms with Crippen molar-refractivity contribution >= 4 is 39.1 Å². The summed E-state index contributed by atoms with van der Waals surface area (Å²) in [5, 5.41) is 1.37. The van der Waals surface area contributed by atoms with Gasteiger partial charge in [-0.15, -0.1) is 0 Å². The van der Waals surface area contributed by atoms with Crippen LogP contribution in [0.5, 0.6) is 5.75 Å². The Labute approximate surface area is 127 Å². The molecule has 0 radical (unpaired) electrons. The predicted molar refractivity (Wildman–Crippen MR) is 81.3 cm³/mol. The van der Waals surface area contributed by atoms with Crippen LogP contribution >= 0.6 is 39.1 Å². The van der Waals surface area contributed by atoms with Gasteiger partial charge in [0.05, 0.1) is 11.6 Å². The molecule has 1 nitrogen and oxygen atoms in total. The maximum absolute atomic E-state index is 6.34. The Hall–Kier alpha value is 0.0800. The van der Waals surface area contributed by atoms with Crippen LogP contribution in [0.25, 0.3) is 0 Å². The highest BCUT2D eigenvalue weighted by molar-refractivity contribution is 9.09. The van der Waals surface area contributed by atoms with Crippen LogP contribution in [-0.2, 0) is 0 Å². The molecule has 0 amide bonds. The lowest BCUT2D eigenvalue weighted by Gasteiger charge is -2.20. The summed E-state index contributed by atoms with van der Waals surface area (Å²) in [5.74, 6) is 1.33. The molecule has 1 fully saturated rings. The quantitative estimate of drug-likeness (QED) is 0.603. The van der Waals surface area contributed by atoms with Crippen LogP contribution in [0.4, 0.5) is 0 Å². The maximum Gasteiger partial charge on any atom is 0.139 e. The number of hydrogen-bond donors (Lipinski definition) is 0. The summed E-state index contributed by atoms with van der Waals surface area (Å²) in [6, 6.07) is 3.76. The minimum absolute atomic E-state index is 0.292. The average molecular weight is 352 g/mol. The first-order chi connectivity index (χ1) is 8.63. The van der Waals surface area contributed by atoms with Crippen molar-refractivity contribution in [2.24, 2.45) is 5.92 Å². The Balaban J connectivity index is 2.24. The number of halogens is 3. The summed E-state index contributed by atoms with van der Waals surface area (Å²) >= 11 is 16.3. The molecule has 0 bridgehead atoms. The molecule has 18 heavy (non-hydrogen) atoms. The van der Waals surface area contributed by atoms with Gasteiger partial charge in [0, 0.05) is 15.9 Å². The maximum atomic E-state index is 6.34. The number of benzene rings is 1. The highest BCUT2D eigenvalue weighted by atomic mass is 79.9. The molecular formula is C14H17BrCl2O. The second-order valence-electron chi connectivity index (χ2n) is 4.68. The summed E-state index contributed by atoms with van der Waals surface area (Å²) < 4.78 is 5.45. The fourth-order valence-corrected chi connectivity index (χ4v) is 4.06. The fraction of sp³-hybridized carbons (Fsp3) is 0.571. The standard InChI is InChI=1S/C14H17BrCl2O/c1-2-18-13-8-11(16)10(7-12(13)17)14(15)9-5-3-4-6-9/h7-9,14H,2-6H2,1H3. The van der Waals surface area contributed by atoms with Gasteiger partial charge in [-0.1, -0.05) is 52.0 Å². The summed E-state index contributed by atoms with van der Waals surface area (Å²) in [6.07, 6.45) is 5.15. The normalized spacial score (nSPS) is 18.0. The molecule has 0 N–H and O–H groups in total.